The maximum absolute atomic E-state index is 11.6. The molecule has 2 aromatic heterocycles. The molecule has 2 rings (SSSR count). The third-order valence-corrected chi connectivity index (χ3v) is 2.30. The van der Waals surface area contributed by atoms with Crippen molar-refractivity contribution in [3.8, 4) is 0 Å². The number of H-pyrrole nitrogens is 2. The largest absolute Gasteiger partial charge is 0.358 e. The molecule has 0 spiro atoms. The lowest BCUT2D eigenvalue weighted by Gasteiger charge is -1.96. The van der Waals surface area contributed by atoms with E-state index in [1.165, 1.54) is 36.7 Å². The SMILES string of the molecule is O=C(C(=O)C(=O)c1ccc[nH]1)C(=O)c1ccc[nH]1. The monoisotopic (exact) mass is 244 g/mol. The summed E-state index contributed by atoms with van der Waals surface area (Å²) < 4.78 is 0. The first kappa shape index (κ1) is 11.7. The minimum Gasteiger partial charge on any atom is -0.358 e. The van der Waals surface area contributed by atoms with Gasteiger partial charge in [-0.05, 0) is 24.3 Å². The lowest BCUT2D eigenvalue weighted by molar-refractivity contribution is -0.131. The molecule has 2 heterocycles. The van der Waals surface area contributed by atoms with Crippen LogP contribution in [0.1, 0.15) is 21.0 Å². The van der Waals surface area contributed by atoms with Crippen molar-refractivity contribution < 1.29 is 19.2 Å². The first-order chi connectivity index (χ1) is 8.61. The van der Waals surface area contributed by atoms with Crippen LogP contribution in [0.2, 0.25) is 0 Å². The number of aromatic amines is 2. The molecule has 0 amide bonds. The Kier molecular flexibility index (Phi) is 3.01. The van der Waals surface area contributed by atoms with Crippen molar-refractivity contribution in [2.45, 2.75) is 0 Å². The van der Waals surface area contributed by atoms with Crippen LogP contribution in [-0.2, 0) is 9.59 Å². The van der Waals surface area contributed by atoms with Crippen molar-refractivity contribution in [1.29, 1.82) is 0 Å². The van der Waals surface area contributed by atoms with Crippen molar-refractivity contribution in [1.82, 2.24) is 9.97 Å². The van der Waals surface area contributed by atoms with Gasteiger partial charge in [0, 0.05) is 12.4 Å². The summed E-state index contributed by atoms with van der Waals surface area (Å²) in [6.45, 7) is 0. The van der Waals surface area contributed by atoms with E-state index in [0.717, 1.165) is 0 Å². The van der Waals surface area contributed by atoms with Gasteiger partial charge in [0.25, 0.3) is 23.1 Å². The lowest BCUT2D eigenvalue weighted by atomic mass is 10.1. The van der Waals surface area contributed by atoms with Crippen LogP contribution in [-0.4, -0.2) is 33.1 Å². The van der Waals surface area contributed by atoms with Gasteiger partial charge >= 0.3 is 0 Å². The standard InChI is InChI=1S/C12H8N2O4/c15-9(7-3-1-5-13-7)11(17)12(18)10(16)8-4-2-6-14-8/h1-6,13-14H. The Morgan fingerprint density at radius 1 is 0.722 bits per heavy atom. The van der Waals surface area contributed by atoms with Crippen molar-refractivity contribution in [2.75, 3.05) is 0 Å². The van der Waals surface area contributed by atoms with Gasteiger partial charge < -0.3 is 9.97 Å². The first-order valence-corrected chi connectivity index (χ1v) is 5.05. The molecule has 0 radical (unpaired) electrons. The Labute approximate surface area is 101 Å². The topological polar surface area (TPSA) is 99.9 Å². The molecule has 2 aromatic rings. The molecule has 0 aromatic carbocycles. The van der Waals surface area contributed by atoms with Crippen molar-refractivity contribution in [2.24, 2.45) is 0 Å². The first-order valence-electron chi connectivity index (χ1n) is 5.05. The van der Waals surface area contributed by atoms with E-state index in [1.54, 1.807) is 0 Å². The van der Waals surface area contributed by atoms with Gasteiger partial charge in [0.2, 0.25) is 0 Å². The fourth-order valence-electron chi connectivity index (χ4n) is 1.39. The van der Waals surface area contributed by atoms with E-state index in [9.17, 15) is 19.2 Å². The van der Waals surface area contributed by atoms with Gasteiger partial charge in [0.05, 0.1) is 11.4 Å². The summed E-state index contributed by atoms with van der Waals surface area (Å²) in [5.74, 6) is -4.75. The van der Waals surface area contributed by atoms with Crippen LogP contribution < -0.4 is 0 Å². The third kappa shape index (κ3) is 2.03. The second-order valence-electron chi connectivity index (χ2n) is 3.48. The number of ketones is 4. The molecule has 0 aliphatic carbocycles. The number of carbonyl (C=O) groups is 4. The third-order valence-electron chi connectivity index (χ3n) is 2.30. The van der Waals surface area contributed by atoms with Crippen molar-refractivity contribution in [3.63, 3.8) is 0 Å². The van der Waals surface area contributed by atoms with Crippen LogP contribution >= 0.6 is 0 Å². The van der Waals surface area contributed by atoms with Crippen LogP contribution in [0, 0.1) is 0 Å². The fourth-order valence-corrected chi connectivity index (χ4v) is 1.39. The number of hydrogen-bond donors (Lipinski definition) is 2. The zero-order valence-electron chi connectivity index (χ0n) is 9.10. The molecule has 0 unspecified atom stereocenters. The summed E-state index contributed by atoms with van der Waals surface area (Å²) >= 11 is 0. The average molecular weight is 244 g/mol. The van der Waals surface area contributed by atoms with E-state index >= 15 is 0 Å². The van der Waals surface area contributed by atoms with Gasteiger partial charge in [-0.15, -0.1) is 0 Å². The highest BCUT2D eigenvalue weighted by molar-refractivity contribution is 6.81. The Hall–Kier alpha value is -2.76. The highest BCUT2D eigenvalue weighted by Crippen LogP contribution is 2.02. The highest BCUT2D eigenvalue weighted by Gasteiger charge is 2.31. The van der Waals surface area contributed by atoms with Crippen molar-refractivity contribution in [3.05, 3.63) is 48.0 Å². The quantitative estimate of drug-likeness (QED) is 0.455. The molecule has 0 bridgehead atoms. The molecule has 0 aliphatic heterocycles. The predicted molar refractivity (Wildman–Crippen MR) is 60.3 cm³/mol. The van der Waals surface area contributed by atoms with Gasteiger partial charge in [-0.3, -0.25) is 19.2 Å². The Bertz CT molecular complexity index is 552. The summed E-state index contributed by atoms with van der Waals surface area (Å²) in [6, 6.07) is 5.73. The predicted octanol–water partition coefficient (Wildman–Crippen LogP) is 0.547. The molecule has 6 nitrogen and oxygen atoms in total. The Morgan fingerprint density at radius 3 is 1.39 bits per heavy atom. The smallest absolute Gasteiger partial charge is 0.279 e. The minimum absolute atomic E-state index is 0.0207. The minimum atomic E-state index is -1.35. The molecule has 2 N–H and O–H groups in total. The highest BCUT2D eigenvalue weighted by atomic mass is 16.2. The van der Waals surface area contributed by atoms with Crippen LogP contribution in [0.3, 0.4) is 0 Å². The molecule has 0 saturated heterocycles. The maximum Gasteiger partial charge on any atom is 0.279 e. The zero-order chi connectivity index (χ0) is 13.1. The summed E-state index contributed by atoms with van der Waals surface area (Å²) in [7, 11) is 0. The van der Waals surface area contributed by atoms with E-state index in [0.29, 0.717) is 0 Å². The number of rotatable bonds is 5. The van der Waals surface area contributed by atoms with E-state index < -0.39 is 23.1 Å². The molecular weight excluding hydrogens is 236 g/mol. The molecular formula is C12H8N2O4. The number of Topliss-reactive ketones (excluding diaryl/α,β-unsaturated/α-hetero) is 4. The van der Waals surface area contributed by atoms with Gasteiger partial charge in [-0.25, -0.2) is 0 Å². The van der Waals surface area contributed by atoms with E-state index in [2.05, 4.69) is 9.97 Å². The molecule has 0 aliphatic rings. The molecule has 0 atom stereocenters. The van der Waals surface area contributed by atoms with Crippen LogP contribution in [0.4, 0.5) is 0 Å². The summed E-state index contributed by atoms with van der Waals surface area (Å²) in [6.07, 6.45) is 2.88. The number of hydrogen-bond acceptors (Lipinski definition) is 4. The van der Waals surface area contributed by atoms with Crippen LogP contribution in [0.15, 0.2) is 36.7 Å². The average Bonchev–Trinajstić information content (AvgIpc) is 3.06. The molecule has 18 heavy (non-hydrogen) atoms. The van der Waals surface area contributed by atoms with E-state index in [1.807, 2.05) is 0 Å². The van der Waals surface area contributed by atoms with Crippen LogP contribution in [0.25, 0.3) is 0 Å². The fraction of sp³-hybridized carbons (Fsp3) is 0. The van der Waals surface area contributed by atoms with Gasteiger partial charge in [-0.1, -0.05) is 0 Å². The molecule has 0 saturated carbocycles. The molecule has 0 fully saturated rings. The van der Waals surface area contributed by atoms with E-state index in [-0.39, 0.29) is 11.4 Å². The summed E-state index contributed by atoms with van der Waals surface area (Å²) in [5, 5.41) is 0. The molecule has 6 heteroatoms. The number of aromatic nitrogens is 2. The van der Waals surface area contributed by atoms with Gasteiger partial charge in [-0.2, -0.15) is 0 Å². The van der Waals surface area contributed by atoms with Gasteiger partial charge in [0.15, 0.2) is 0 Å². The number of carbonyl (C=O) groups excluding carboxylic acids is 4. The summed E-state index contributed by atoms with van der Waals surface area (Å²) in [4.78, 5) is 51.2. The van der Waals surface area contributed by atoms with Crippen LogP contribution in [0.5, 0.6) is 0 Å². The second-order valence-corrected chi connectivity index (χ2v) is 3.48. The normalized spacial score (nSPS) is 10.0. The number of nitrogens with one attached hydrogen (secondary N) is 2. The molecule has 90 valence electrons. The zero-order valence-corrected chi connectivity index (χ0v) is 9.10. The lowest BCUT2D eigenvalue weighted by Crippen LogP contribution is -2.30. The Morgan fingerprint density at radius 2 is 1.11 bits per heavy atom. The van der Waals surface area contributed by atoms with Crippen molar-refractivity contribution >= 4 is 23.1 Å². The maximum atomic E-state index is 11.6. The van der Waals surface area contributed by atoms with E-state index in [4.69, 9.17) is 0 Å². The second kappa shape index (κ2) is 4.62. The van der Waals surface area contributed by atoms with Gasteiger partial charge in [0.1, 0.15) is 0 Å². The Balaban J connectivity index is 2.17. The summed E-state index contributed by atoms with van der Waals surface area (Å²) in [5.41, 5.74) is -0.0414.